The van der Waals surface area contributed by atoms with Crippen LogP contribution in [0.2, 0.25) is 0 Å². The van der Waals surface area contributed by atoms with E-state index in [4.69, 9.17) is 5.73 Å². The predicted octanol–water partition coefficient (Wildman–Crippen LogP) is 21.7. The van der Waals surface area contributed by atoms with Crippen LogP contribution in [0.5, 0.6) is 0 Å². The monoisotopic (exact) mass is 1000 g/mol. The number of nitrogens with two attached hydrogens (primary N) is 1. The highest BCUT2D eigenvalue weighted by atomic mass is 15.0. The molecule has 0 atom stereocenters. The van der Waals surface area contributed by atoms with E-state index in [1.54, 1.807) is 5.56 Å². The first-order valence-electron chi connectivity index (χ1n) is 29.9. The van der Waals surface area contributed by atoms with Crippen molar-refractivity contribution in [2.75, 3.05) is 0 Å². The highest BCUT2D eigenvalue weighted by molar-refractivity contribution is 6.01. The maximum Gasteiger partial charge on any atom is 0.0634 e. The third kappa shape index (κ3) is 14.7. The van der Waals surface area contributed by atoms with Crippen molar-refractivity contribution in [3.8, 4) is 28.1 Å². The van der Waals surface area contributed by atoms with Gasteiger partial charge in [0.25, 0.3) is 0 Å². The average Bonchev–Trinajstić information content (AvgIpc) is 3.96. The molecular weight excluding hydrogens is 905 g/mol. The Hall–Kier alpha value is -5.60. The lowest BCUT2D eigenvalue weighted by Crippen LogP contribution is -2.26. The van der Waals surface area contributed by atoms with Crippen LogP contribution in [0.15, 0.2) is 134 Å². The van der Waals surface area contributed by atoms with Gasteiger partial charge in [-0.1, -0.05) is 281 Å². The summed E-state index contributed by atoms with van der Waals surface area (Å²) in [6, 6.07) is 40.3. The molecule has 0 aliphatic heterocycles. The summed E-state index contributed by atoms with van der Waals surface area (Å²) in [5, 5.41) is 1.19. The Morgan fingerprint density at radius 1 is 0.533 bits per heavy atom. The summed E-state index contributed by atoms with van der Waals surface area (Å²) in [7, 11) is 0. The Kier molecular flexibility index (Phi) is 20.5. The first-order chi connectivity index (χ1) is 36.2. The quantitative estimate of drug-likeness (QED) is 0.0405. The molecule has 1 heterocycles. The Labute approximate surface area is 456 Å². The molecule has 0 saturated heterocycles. The summed E-state index contributed by atoms with van der Waals surface area (Å²) < 4.78 is 2.47. The third-order valence-corrected chi connectivity index (χ3v) is 16.1. The molecule has 2 nitrogen and oxygen atoms in total. The third-order valence-electron chi connectivity index (χ3n) is 16.1. The van der Waals surface area contributed by atoms with Gasteiger partial charge in [0.1, 0.15) is 0 Å². The summed E-state index contributed by atoms with van der Waals surface area (Å²) in [5.74, 6) is 0. The van der Waals surface area contributed by atoms with Crippen LogP contribution < -0.4 is 5.73 Å². The van der Waals surface area contributed by atoms with Crippen LogP contribution in [0.3, 0.4) is 0 Å². The van der Waals surface area contributed by atoms with E-state index in [0.29, 0.717) is 0 Å². The average molecular weight is 1000 g/mol. The molecule has 0 unspecified atom stereocenters. The minimum Gasteiger partial charge on any atom is -0.398 e. The number of allylic oxidation sites excluding steroid dienone is 5. The standard InChI is InChI=1S/C73H96N2/c1-11-15-19-21-23-26-50-73(51-27-24-22-20-16-12-2)66-52-57(39-46-62(66)63-48-43-60(53-67(63)73)72(8,9)10)32-29-34-68(74)64-47-42-58(33-25-28-49-71(5,6)7)65-54-69(59-40-35-55(36-41-59)30-17-13-3)75(70(64)65)61-44-37-56(38-45-61)31-18-14-4/h25,28-29,32-49,52-54H,11-24,26-27,30-31,50-51,74H2,1-10H3/b32-29+,33-25+,49-28+,68-34-. The maximum atomic E-state index is 7.39. The minimum atomic E-state index is 0.0115. The Morgan fingerprint density at radius 3 is 1.68 bits per heavy atom. The van der Waals surface area contributed by atoms with E-state index < -0.39 is 0 Å². The van der Waals surface area contributed by atoms with Crippen LogP contribution in [0.4, 0.5) is 0 Å². The molecule has 0 fully saturated rings. The second-order valence-electron chi connectivity index (χ2n) is 24.4. The summed E-state index contributed by atoms with van der Waals surface area (Å²) in [6.45, 7) is 23.0. The molecule has 0 amide bonds. The van der Waals surface area contributed by atoms with Crippen molar-refractivity contribution in [3.05, 3.63) is 178 Å². The molecule has 0 radical (unpaired) electrons. The van der Waals surface area contributed by atoms with Crippen LogP contribution in [0, 0.1) is 5.41 Å². The second kappa shape index (κ2) is 26.9. The number of nitrogens with zero attached hydrogens (tertiary/aromatic N) is 1. The molecule has 75 heavy (non-hydrogen) atoms. The lowest BCUT2D eigenvalue weighted by molar-refractivity contribution is 0.397. The van der Waals surface area contributed by atoms with Gasteiger partial charge >= 0.3 is 0 Å². The maximum absolute atomic E-state index is 7.39. The van der Waals surface area contributed by atoms with Gasteiger partial charge in [0.05, 0.1) is 11.2 Å². The SMILES string of the molecule is CCCCCCCCC1(CCCCCCCC)c2cc(/C=C/C=C(\N)c3ccc(/C=C/C=C/C(C)(C)C)c4cc(-c5ccc(CCCC)cc5)n(-c5ccc(CCCC)cc5)c34)ccc2-c2ccc(C(C)(C)C)cc21. The number of hydrogen-bond donors (Lipinski definition) is 1. The minimum absolute atomic E-state index is 0.0115. The fourth-order valence-corrected chi connectivity index (χ4v) is 11.6. The number of aryl methyl sites for hydroxylation is 2. The molecule has 2 N–H and O–H groups in total. The first kappa shape index (κ1) is 57.1. The van der Waals surface area contributed by atoms with Crippen molar-refractivity contribution in [2.24, 2.45) is 11.1 Å². The van der Waals surface area contributed by atoms with Gasteiger partial charge in [0.2, 0.25) is 0 Å². The Bertz CT molecular complexity index is 2860. The summed E-state index contributed by atoms with van der Waals surface area (Å²) in [5.41, 5.74) is 26.7. The van der Waals surface area contributed by atoms with E-state index in [1.165, 1.54) is 177 Å². The highest BCUT2D eigenvalue weighted by Crippen LogP contribution is 2.55. The predicted molar refractivity (Wildman–Crippen MR) is 332 cm³/mol. The topological polar surface area (TPSA) is 30.9 Å². The van der Waals surface area contributed by atoms with Crippen molar-refractivity contribution in [3.63, 3.8) is 0 Å². The van der Waals surface area contributed by atoms with E-state index in [1.807, 2.05) is 0 Å². The normalized spacial score (nSPS) is 13.8. The van der Waals surface area contributed by atoms with Crippen molar-refractivity contribution in [1.82, 2.24) is 4.57 Å². The van der Waals surface area contributed by atoms with Gasteiger partial charge in [0, 0.05) is 27.7 Å². The molecule has 398 valence electrons. The molecular formula is C73H96N2. The van der Waals surface area contributed by atoms with Crippen LogP contribution in [-0.4, -0.2) is 4.57 Å². The lowest BCUT2D eigenvalue weighted by Gasteiger charge is -2.34. The fourth-order valence-electron chi connectivity index (χ4n) is 11.6. The van der Waals surface area contributed by atoms with Crippen LogP contribution in [0.1, 0.15) is 229 Å². The summed E-state index contributed by atoms with van der Waals surface area (Å²) in [6.07, 6.45) is 40.7. The largest absolute Gasteiger partial charge is 0.398 e. The molecule has 1 aliphatic rings. The molecule has 6 aromatic rings. The zero-order chi connectivity index (χ0) is 53.4. The van der Waals surface area contributed by atoms with Crippen molar-refractivity contribution in [1.29, 1.82) is 0 Å². The molecule has 0 spiro atoms. The van der Waals surface area contributed by atoms with Gasteiger partial charge in [-0.2, -0.15) is 0 Å². The molecule has 1 aromatic heterocycles. The van der Waals surface area contributed by atoms with Crippen molar-refractivity contribution in [2.45, 2.75) is 208 Å². The smallest absolute Gasteiger partial charge is 0.0634 e. The molecule has 5 aromatic carbocycles. The molecule has 2 heteroatoms. The second-order valence-corrected chi connectivity index (χ2v) is 24.4. The van der Waals surface area contributed by atoms with Gasteiger partial charge in [-0.15, -0.1) is 0 Å². The molecule has 7 rings (SSSR count). The van der Waals surface area contributed by atoms with Crippen LogP contribution in [-0.2, 0) is 23.7 Å². The molecule has 1 aliphatic carbocycles. The van der Waals surface area contributed by atoms with E-state index in [2.05, 4.69) is 219 Å². The van der Waals surface area contributed by atoms with Crippen molar-refractivity contribution < 1.29 is 0 Å². The van der Waals surface area contributed by atoms with Crippen LogP contribution in [0.25, 0.3) is 56.8 Å². The molecule has 0 bridgehead atoms. The van der Waals surface area contributed by atoms with Crippen LogP contribution >= 0.6 is 0 Å². The van der Waals surface area contributed by atoms with E-state index >= 15 is 0 Å². The number of aromatic nitrogens is 1. The number of rotatable bonds is 27. The Morgan fingerprint density at radius 2 is 1.09 bits per heavy atom. The Balaban J connectivity index is 1.33. The lowest BCUT2D eigenvalue weighted by atomic mass is 9.69. The summed E-state index contributed by atoms with van der Waals surface area (Å²) >= 11 is 0. The molecule has 0 saturated carbocycles. The number of benzene rings is 5. The van der Waals surface area contributed by atoms with E-state index in [-0.39, 0.29) is 16.2 Å². The van der Waals surface area contributed by atoms with Crippen molar-refractivity contribution >= 4 is 28.8 Å². The van der Waals surface area contributed by atoms with E-state index in [0.717, 1.165) is 35.3 Å². The highest BCUT2D eigenvalue weighted by Gasteiger charge is 2.43. The fraction of sp³-hybridized carbons (Fsp3) is 0.452. The first-order valence-corrected chi connectivity index (χ1v) is 29.9. The number of hydrogen-bond acceptors (Lipinski definition) is 1. The van der Waals surface area contributed by atoms with Gasteiger partial charge in [0.15, 0.2) is 0 Å². The van der Waals surface area contributed by atoms with Gasteiger partial charge < -0.3 is 10.3 Å². The summed E-state index contributed by atoms with van der Waals surface area (Å²) in [4.78, 5) is 0. The van der Waals surface area contributed by atoms with Gasteiger partial charge in [-0.3, -0.25) is 0 Å². The zero-order valence-electron chi connectivity index (χ0n) is 48.5. The number of unbranched alkanes of at least 4 members (excludes halogenated alkanes) is 12. The van der Waals surface area contributed by atoms with Gasteiger partial charge in [-0.25, -0.2) is 0 Å². The van der Waals surface area contributed by atoms with E-state index in [9.17, 15) is 0 Å². The number of fused-ring (bicyclic) bond motifs is 4. The zero-order valence-corrected chi connectivity index (χ0v) is 48.5. The van der Waals surface area contributed by atoms with Gasteiger partial charge in [-0.05, 0) is 129 Å².